The van der Waals surface area contributed by atoms with Crippen LogP contribution in [-0.4, -0.2) is 30.7 Å². The quantitative estimate of drug-likeness (QED) is 0.931. The molecule has 0 unspecified atom stereocenters. The Morgan fingerprint density at radius 3 is 2.81 bits per heavy atom. The molecular formula is C15H18N4O2. The summed E-state index contributed by atoms with van der Waals surface area (Å²) in [7, 11) is 0. The maximum Gasteiger partial charge on any atom is 0.335 e. The minimum absolute atomic E-state index is 0.283. The van der Waals surface area contributed by atoms with Gasteiger partial charge in [-0.15, -0.1) is 0 Å². The number of hydrogen-bond acceptors (Lipinski definition) is 4. The van der Waals surface area contributed by atoms with Crippen LogP contribution in [0.15, 0.2) is 24.5 Å². The van der Waals surface area contributed by atoms with Crippen molar-refractivity contribution >= 4 is 5.97 Å². The summed E-state index contributed by atoms with van der Waals surface area (Å²) in [6.45, 7) is 6.45. The Balaban J connectivity index is 1.76. The first-order valence-corrected chi connectivity index (χ1v) is 7.00. The number of carbonyl (C=O) groups is 1. The van der Waals surface area contributed by atoms with Crippen LogP contribution < -0.4 is 0 Å². The number of carboxylic acid groups (broad SMARTS) is 1. The molecule has 0 radical (unpaired) electrons. The van der Waals surface area contributed by atoms with Crippen molar-refractivity contribution in [2.24, 2.45) is 0 Å². The van der Waals surface area contributed by atoms with Crippen molar-refractivity contribution in [3.05, 3.63) is 47.0 Å². The summed E-state index contributed by atoms with van der Waals surface area (Å²) in [5.41, 5.74) is 2.63. The van der Waals surface area contributed by atoms with E-state index in [1.54, 1.807) is 18.5 Å². The average Bonchev–Trinajstić information content (AvgIpc) is 3.03. The summed E-state index contributed by atoms with van der Waals surface area (Å²) in [6, 6.07) is 5.63. The highest BCUT2D eigenvalue weighted by atomic mass is 16.4. The number of fused-ring (bicyclic) bond motifs is 1. The number of benzene rings is 1. The molecule has 1 aromatic heterocycles. The molecule has 0 fully saturated rings. The molecule has 0 saturated heterocycles. The average molecular weight is 286 g/mol. The van der Waals surface area contributed by atoms with E-state index in [-0.39, 0.29) is 6.04 Å². The van der Waals surface area contributed by atoms with Crippen LogP contribution in [0.1, 0.15) is 47.2 Å². The number of aromatic carboxylic acids is 1. The van der Waals surface area contributed by atoms with E-state index in [1.807, 2.05) is 10.7 Å². The van der Waals surface area contributed by atoms with Gasteiger partial charge in [0.15, 0.2) is 0 Å². The molecule has 6 nitrogen and oxygen atoms in total. The molecule has 0 amide bonds. The van der Waals surface area contributed by atoms with E-state index >= 15 is 0 Å². The van der Waals surface area contributed by atoms with E-state index < -0.39 is 5.97 Å². The zero-order chi connectivity index (χ0) is 15.0. The minimum Gasteiger partial charge on any atom is -0.478 e. The molecule has 0 saturated carbocycles. The molecule has 110 valence electrons. The number of aromatic nitrogens is 3. The first kappa shape index (κ1) is 13.8. The van der Waals surface area contributed by atoms with Crippen molar-refractivity contribution < 1.29 is 9.90 Å². The fourth-order valence-electron chi connectivity index (χ4n) is 2.73. The highest BCUT2D eigenvalue weighted by molar-refractivity contribution is 5.87. The van der Waals surface area contributed by atoms with Crippen LogP contribution in [0.4, 0.5) is 0 Å². The van der Waals surface area contributed by atoms with Crippen LogP contribution in [0.3, 0.4) is 0 Å². The molecular weight excluding hydrogens is 268 g/mol. The van der Waals surface area contributed by atoms with Crippen molar-refractivity contribution in [3.63, 3.8) is 0 Å². The molecule has 21 heavy (non-hydrogen) atoms. The molecule has 6 heteroatoms. The maximum atomic E-state index is 11.0. The van der Waals surface area contributed by atoms with Crippen molar-refractivity contribution in [3.8, 4) is 0 Å². The topological polar surface area (TPSA) is 71.2 Å². The third-order valence-corrected chi connectivity index (χ3v) is 3.74. The molecule has 0 spiro atoms. The molecule has 0 bridgehead atoms. The van der Waals surface area contributed by atoms with Gasteiger partial charge in [-0.2, -0.15) is 5.10 Å². The molecule has 3 rings (SSSR count). The molecule has 1 N–H and O–H groups in total. The summed E-state index contributed by atoms with van der Waals surface area (Å²) in [4.78, 5) is 17.6. The van der Waals surface area contributed by atoms with Crippen LogP contribution in [0.5, 0.6) is 0 Å². The number of hydrogen-bond donors (Lipinski definition) is 1. The molecule has 0 aliphatic carbocycles. The fraction of sp³-hybridized carbons (Fsp3) is 0.400. The van der Waals surface area contributed by atoms with E-state index in [9.17, 15) is 4.79 Å². The zero-order valence-electron chi connectivity index (χ0n) is 12.2. The van der Waals surface area contributed by atoms with Gasteiger partial charge < -0.3 is 5.11 Å². The number of rotatable bonds is 4. The Morgan fingerprint density at radius 1 is 1.33 bits per heavy atom. The highest BCUT2D eigenvalue weighted by Gasteiger charge is 2.22. The normalized spacial score (nSPS) is 14.6. The van der Waals surface area contributed by atoms with Gasteiger partial charge in [-0.1, -0.05) is 6.07 Å². The van der Waals surface area contributed by atoms with Crippen molar-refractivity contribution in [2.75, 3.05) is 0 Å². The third-order valence-electron chi connectivity index (χ3n) is 3.74. The smallest absolute Gasteiger partial charge is 0.335 e. The predicted molar refractivity (Wildman–Crippen MR) is 76.8 cm³/mol. The lowest BCUT2D eigenvalue weighted by Crippen LogP contribution is -2.20. The first-order chi connectivity index (χ1) is 10.0. The van der Waals surface area contributed by atoms with E-state index in [4.69, 9.17) is 5.11 Å². The van der Waals surface area contributed by atoms with Crippen molar-refractivity contribution in [1.29, 1.82) is 0 Å². The van der Waals surface area contributed by atoms with Gasteiger partial charge in [0.2, 0.25) is 0 Å². The molecule has 2 aromatic rings. The maximum absolute atomic E-state index is 11.0. The van der Waals surface area contributed by atoms with Gasteiger partial charge in [-0.05, 0) is 37.1 Å². The molecule has 2 heterocycles. The number of carboxylic acids is 1. The monoisotopic (exact) mass is 286 g/mol. The van der Waals surface area contributed by atoms with Crippen LogP contribution in [0, 0.1) is 0 Å². The lowest BCUT2D eigenvalue weighted by atomic mass is 10.1. The zero-order valence-corrected chi connectivity index (χ0v) is 12.2. The lowest BCUT2D eigenvalue weighted by molar-refractivity contribution is 0.0696. The van der Waals surface area contributed by atoms with Gasteiger partial charge in [0.05, 0.1) is 12.1 Å². The number of nitrogens with zero attached hydrogens (tertiary/aromatic N) is 4. The van der Waals surface area contributed by atoms with E-state index in [1.165, 1.54) is 5.56 Å². The van der Waals surface area contributed by atoms with Crippen LogP contribution in [0.25, 0.3) is 0 Å². The van der Waals surface area contributed by atoms with Crippen molar-refractivity contribution in [1.82, 2.24) is 19.7 Å². The second kappa shape index (κ2) is 5.29. The predicted octanol–water partition coefficient (Wildman–Crippen LogP) is 2.07. The molecule has 0 atom stereocenters. The highest BCUT2D eigenvalue weighted by Crippen LogP contribution is 2.25. The fourth-order valence-corrected chi connectivity index (χ4v) is 2.73. The first-order valence-electron chi connectivity index (χ1n) is 7.00. The standard InChI is InChI=1S/C15H18N4O2/c1-10(2)19-14(16-9-17-19)8-18-6-12-4-3-11(15(20)21)5-13(12)7-18/h3-5,9-10H,6-8H2,1-2H3,(H,20,21). The summed E-state index contributed by atoms with van der Waals surface area (Å²) in [5, 5.41) is 13.3. The Labute approximate surface area is 123 Å². The van der Waals surface area contributed by atoms with E-state index in [0.717, 1.165) is 31.0 Å². The molecule has 1 aromatic carbocycles. The van der Waals surface area contributed by atoms with Gasteiger partial charge in [-0.25, -0.2) is 14.5 Å². The van der Waals surface area contributed by atoms with Crippen LogP contribution in [0.2, 0.25) is 0 Å². The Kier molecular flexibility index (Phi) is 3.47. The van der Waals surface area contributed by atoms with Gasteiger partial charge in [0.25, 0.3) is 0 Å². The Hall–Kier alpha value is -2.21. The van der Waals surface area contributed by atoms with Gasteiger partial charge >= 0.3 is 5.97 Å². The molecule has 1 aliphatic heterocycles. The van der Waals surface area contributed by atoms with Gasteiger partial charge in [0, 0.05) is 19.1 Å². The summed E-state index contributed by atoms with van der Waals surface area (Å²) in [6.07, 6.45) is 1.58. The van der Waals surface area contributed by atoms with Gasteiger partial charge in [0.1, 0.15) is 12.2 Å². The molecule has 1 aliphatic rings. The van der Waals surface area contributed by atoms with E-state index in [0.29, 0.717) is 5.56 Å². The van der Waals surface area contributed by atoms with E-state index in [2.05, 4.69) is 28.8 Å². The minimum atomic E-state index is -0.879. The summed E-state index contributed by atoms with van der Waals surface area (Å²) >= 11 is 0. The van der Waals surface area contributed by atoms with Crippen LogP contribution >= 0.6 is 0 Å². The van der Waals surface area contributed by atoms with Gasteiger partial charge in [-0.3, -0.25) is 4.90 Å². The SMILES string of the molecule is CC(C)n1ncnc1CN1Cc2ccc(C(=O)O)cc2C1. The summed E-state index contributed by atoms with van der Waals surface area (Å²) < 4.78 is 1.92. The third kappa shape index (κ3) is 2.67. The Bertz CT molecular complexity index is 678. The second-order valence-electron chi connectivity index (χ2n) is 5.65. The van der Waals surface area contributed by atoms with Crippen LogP contribution in [-0.2, 0) is 19.6 Å². The lowest BCUT2D eigenvalue weighted by Gasteiger charge is -2.16. The Morgan fingerprint density at radius 2 is 2.10 bits per heavy atom. The largest absolute Gasteiger partial charge is 0.478 e. The van der Waals surface area contributed by atoms with Crippen molar-refractivity contribution in [2.45, 2.75) is 39.5 Å². The second-order valence-corrected chi connectivity index (χ2v) is 5.65. The summed E-state index contributed by atoms with van der Waals surface area (Å²) in [5.74, 6) is 0.0621.